The second-order valence-corrected chi connectivity index (χ2v) is 6.46. The number of aromatic nitrogens is 4. The number of tetrazole rings is 1. The van der Waals surface area contributed by atoms with E-state index in [1.54, 1.807) is 6.07 Å². The number of nitrogens with one attached hydrogen (secondary N) is 1. The Balaban J connectivity index is 1.29. The first-order valence-corrected chi connectivity index (χ1v) is 8.56. The molecule has 0 spiro atoms. The molecule has 1 saturated carbocycles. The first-order valence-electron chi connectivity index (χ1n) is 8.56. The number of rotatable bonds is 5. The fraction of sp³-hybridized carbons (Fsp3) is 0.263. The van der Waals surface area contributed by atoms with E-state index in [2.05, 4.69) is 20.7 Å². The highest BCUT2D eigenvalue weighted by atomic mass is 19.1. The van der Waals surface area contributed by atoms with Crippen LogP contribution in [0, 0.1) is 5.82 Å². The van der Waals surface area contributed by atoms with E-state index in [-0.39, 0.29) is 30.2 Å². The summed E-state index contributed by atoms with van der Waals surface area (Å²) in [5, 5.41) is 15.1. The second kappa shape index (κ2) is 7.03. The van der Waals surface area contributed by atoms with Gasteiger partial charge in [0, 0.05) is 11.6 Å². The Kier molecular flexibility index (Phi) is 4.43. The average molecular weight is 351 g/mol. The van der Waals surface area contributed by atoms with Gasteiger partial charge < -0.3 is 5.32 Å². The van der Waals surface area contributed by atoms with Crippen molar-refractivity contribution in [3.63, 3.8) is 0 Å². The number of nitrogens with zero attached hydrogens (tertiary/aromatic N) is 4. The maximum atomic E-state index is 13.8. The van der Waals surface area contributed by atoms with Crippen LogP contribution in [0.15, 0.2) is 54.6 Å². The highest BCUT2D eigenvalue weighted by molar-refractivity contribution is 5.76. The van der Waals surface area contributed by atoms with Crippen molar-refractivity contribution >= 4 is 5.91 Å². The number of benzene rings is 2. The van der Waals surface area contributed by atoms with E-state index in [4.69, 9.17) is 0 Å². The summed E-state index contributed by atoms with van der Waals surface area (Å²) < 4.78 is 13.8. The van der Waals surface area contributed by atoms with E-state index in [1.807, 2.05) is 42.5 Å². The van der Waals surface area contributed by atoms with Crippen LogP contribution in [0.5, 0.6) is 0 Å². The molecule has 0 radical (unpaired) electrons. The number of hydrogen-bond acceptors (Lipinski definition) is 4. The quantitative estimate of drug-likeness (QED) is 0.767. The first kappa shape index (κ1) is 16.4. The predicted molar refractivity (Wildman–Crippen MR) is 93.6 cm³/mol. The van der Waals surface area contributed by atoms with Crippen molar-refractivity contribution in [1.29, 1.82) is 0 Å². The third kappa shape index (κ3) is 3.46. The van der Waals surface area contributed by atoms with Crippen molar-refractivity contribution < 1.29 is 9.18 Å². The monoisotopic (exact) mass is 351 g/mol. The van der Waals surface area contributed by atoms with Crippen molar-refractivity contribution in [3.05, 3.63) is 66.0 Å². The molecular formula is C19H18FN5O. The van der Waals surface area contributed by atoms with Gasteiger partial charge in [-0.25, -0.2) is 4.39 Å². The molecule has 6 nitrogen and oxygen atoms in total. The van der Waals surface area contributed by atoms with Crippen molar-refractivity contribution in [3.8, 4) is 11.4 Å². The Morgan fingerprint density at radius 2 is 1.85 bits per heavy atom. The molecular weight excluding hydrogens is 333 g/mol. The van der Waals surface area contributed by atoms with E-state index in [0.717, 1.165) is 24.0 Å². The van der Waals surface area contributed by atoms with Crippen molar-refractivity contribution in [1.82, 2.24) is 25.5 Å². The SMILES string of the molecule is O=C(Cn1nnc(-c2ccccc2)n1)NC1CC(c2ccccc2F)C1. The van der Waals surface area contributed by atoms with Gasteiger partial charge in [0.05, 0.1) is 0 Å². The van der Waals surface area contributed by atoms with Crippen LogP contribution < -0.4 is 5.32 Å². The standard InChI is InChI=1S/C19H18FN5O/c20-17-9-5-4-8-16(17)14-10-15(11-14)21-18(26)12-25-23-19(22-24-25)13-6-2-1-3-7-13/h1-9,14-15H,10-12H2,(H,21,26). The first-order chi connectivity index (χ1) is 12.7. The van der Waals surface area contributed by atoms with Gasteiger partial charge in [-0.15, -0.1) is 10.2 Å². The third-order valence-electron chi connectivity index (χ3n) is 4.62. The van der Waals surface area contributed by atoms with Crippen molar-refractivity contribution in [2.45, 2.75) is 31.3 Å². The lowest BCUT2D eigenvalue weighted by Gasteiger charge is -2.36. The van der Waals surface area contributed by atoms with Gasteiger partial charge in [-0.1, -0.05) is 48.5 Å². The molecule has 2 aromatic carbocycles. The molecule has 1 aliphatic carbocycles. The molecule has 132 valence electrons. The summed E-state index contributed by atoms with van der Waals surface area (Å²) in [7, 11) is 0. The minimum atomic E-state index is -0.178. The summed E-state index contributed by atoms with van der Waals surface area (Å²) in [5.41, 5.74) is 1.58. The molecule has 1 heterocycles. The molecule has 1 aromatic heterocycles. The van der Waals surface area contributed by atoms with Gasteiger partial charge in [-0.2, -0.15) is 4.80 Å². The van der Waals surface area contributed by atoms with Crippen molar-refractivity contribution in [2.24, 2.45) is 0 Å². The Bertz CT molecular complexity index is 905. The smallest absolute Gasteiger partial charge is 0.243 e. The molecule has 1 fully saturated rings. The fourth-order valence-corrected chi connectivity index (χ4v) is 3.21. The summed E-state index contributed by atoms with van der Waals surface area (Å²) in [6, 6.07) is 16.3. The van der Waals surface area contributed by atoms with Gasteiger partial charge in [-0.05, 0) is 35.6 Å². The highest BCUT2D eigenvalue weighted by Crippen LogP contribution is 2.37. The molecule has 1 aliphatic rings. The largest absolute Gasteiger partial charge is 0.352 e. The highest BCUT2D eigenvalue weighted by Gasteiger charge is 2.32. The maximum absolute atomic E-state index is 13.8. The zero-order valence-corrected chi connectivity index (χ0v) is 14.0. The molecule has 0 aliphatic heterocycles. The Morgan fingerprint density at radius 1 is 1.12 bits per heavy atom. The Labute approximate surface area is 150 Å². The lowest BCUT2D eigenvalue weighted by molar-refractivity contribution is -0.123. The predicted octanol–water partition coefficient (Wildman–Crippen LogP) is 2.54. The number of halogens is 1. The minimum Gasteiger partial charge on any atom is -0.352 e. The summed E-state index contributed by atoms with van der Waals surface area (Å²) in [4.78, 5) is 13.4. The van der Waals surface area contributed by atoms with Crippen LogP contribution in [0.4, 0.5) is 4.39 Å². The molecule has 26 heavy (non-hydrogen) atoms. The summed E-state index contributed by atoms with van der Waals surface area (Å²) >= 11 is 0. The summed E-state index contributed by atoms with van der Waals surface area (Å²) in [6.45, 7) is 0.0146. The van der Waals surface area contributed by atoms with E-state index in [0.29, 0.717) is 5.82 Å². The van der Waals surface area contributed by atoms with Gasteiger partial charge >= 0.3 is 0 Å². The molecule has 3 aromatic rings. The van der Waals surface area contributed by atoms with E-state index in [9.17, 15) is 9.18 Å². The maximum Gasteiger partial charge on any atom is 0.243 e. The molecule has 0 bridgehead atoms. The zero-order valence-electron chi connectivity index (χ0n) is 14.0. The van der Waals surface area contributed by atoms with Crippen LogP contribution in [0.3, 0.4) is 0 Å². The summed E-state index contributed by atoms with van der Waals surface area (Å²) in [6.07, 6.45) is 1.49. The molecule has 0 unspecified atom stereocenters. The molecule has 1 amide bonds. The van der Waals surface area contributed by atoms with Gasteiger partial charge in [0.2, 0.25) is 11.7 Å². The van der Waals surface area contributed by atoms with Crippen LogP contribution in [0.25, 0.3) is 11.4 Å². The minimum absolute atomic E-state index is 0.0146. The van der Waals surface area contributed by atoms with E-state index >= 15 is 0 Å². The van der Waals surface area contributed by atoms with E-state index in [1.165, 1.54) is 10.9 Å². The zero-order chi connectivity index (χ0) is 17.9. The van der Waals surface area contributed by atoms with Crippen LogP contribution >= 0.6 is 0 Å². The molecule has 1 N–H and O–H groups in total. The molecule has 0 atom stereocenters. The number of carbonyl (C=O) groups is 1. The second-order valence-electron chi connectivity index (χ2n) is 6.46. The molecule has 0 saturated heterocycles. The Hall–Kier alpha value is -3.09. The van der Waals surface area contributed by atoms with Crippen LogP contribution in [-0.4, -0.2) is 32.2 Å². The summed E-state index contributed by atoms with van der Waals surface area (Å²) in [5.74, 6) is 0.305. The number of amides is 1. The fourth-order valence-electron chi connectivity index (χ4n) is 3.21. The lowest BCUT2D eigenvalue weighted by atomic mass is 9.75. The van der Waals surface area contributed by atoms with Gasteiger partial charge in [-0.3, -0.25) is 4.79 Å². The third-order valence-corrected chi connectivity index (χ3v) is 4.62. The average Bonchev–Trinajstić information content (AvgIpc) is 3.08. The Morgan fingerprint density at radius 3 is 2.62 bits per heavy atom. The molecule has 4 rings (SSSR count). The number of carbonyl (C=O) groups excluding carboxylic acids is 1. The normalized spacial score (nSPS) is 19.0. The van der Waals surface area contributed by atoms with E-state index < -0.39 is 0 Å². The lowest BCUT2D eigenvalue weighted by Crippen LogP contribution is -2.44. The van der Waals surface area contributed by atoms with Gasteiger partial charge in [0.15, 0.2) is 0 Å². The van der Waals surface area contributed by atoms with Crippen LogP contribution in [-0.2, 0) is 11.3 Å². The van der Waals surface area contributed by atoms with Crippen LogP contribution in [0.2, 0.25) is 0 Å². The van der Waals surface area contributed by atoms with Gasteiger partial charge in [0.1, 0.15) is 12.4 Å². The van der Waals surface area contributed by atoms with Crippen LogP contribution in [0.1, 0.15) is 24.3 Å². The van der Waals surface area contributed by atoms with Crippen molar-refractivity contribution in [2.75, 3.05) is 0 Å². The molecule has 7 heteroatoms. The van der Waals surface area contributed by atoms with Gasteiger partial charge in [0.25, 0.3) is 0 Å². The topological polar surface area (TPSA) is 72.7 Å². The number of hydrogen-bond donors (Lipinski definition) is 1.